The van der Waals surface area contributed by atoms with Gasteiger partial charge in [-0.3, -0.25) is 19.7 Å². The number of halogens is 1. The molecular formula is C22H20FN3O4. The second-order valence-electron chi connectivity index (χ2n) is 7.43. The third-order valence-corrected chi connectivity index (χ3v) is 5.56. The number of amides is 2. The fourth-order valence-electron chi connectivity index (χ4n) is 4.05. The molecule has 0 unspecified atom stereocenters. The average molecular weight is 409 g/mol. The first-order valence-corrected chi connectivity index (χ1v) is 9.75. The smallest absolute Gasteiger partial charge is 0.294 e. The molecule has 2 atom stereocenters. The van der Waals surface area contributed by atoms with Crippen LogP contribution in [-0.2, 0) is 16.0 Å². The molecule has 7 nitrogen and oxygen atoms in total. The van der Waals surface area contributed by atoms with E-state index >= 15 is 0 Å². The molecule has 1 N–H and O–H groups in total. The molecular weight excluding hydrogens is 389 g/mol. The van der Waals surface area contributed by atoms with Gasteiger partial charge in [0.25, 0.3) is 5.69 Å². The third-order valence-electron chi connectivity index (χ3n) is 5.56. The Bertz CT molecular complexity index is 1030. The van der Waals surface area contributed by atoms with Crippen LogP contribution in [0.1, 0.15) is 18.4 Å². The van der Waals surface area contributed by atoms with Crippen LogP contribution in [0.5, 0.6) is 0 Å². The molecule has 1 heterocycles. The van der Waals surface area contributed by atoms with Gasteiger partial charge in [-0.2, -0.15) is 0 Å². The second kappa shape index (κ2) is 8.06. The number of nitrogens with one attached hydrogen (secondary N) is 1. The summed E-state index contributed by atoms with van der Waals surface area (Å²) in [4.78, 5) is 37.6. The molecule has 4 rings (SSSR count). The molecule has 1 aliphatic heterocycles. The molecule has 0 radical (unpaired) electrons. The summed E-state index contributed by atoms with van der Waals surface area (Å²) >= 11 is 0. The van der Waals surface area contributed by atoms with Gasteiger partial charge in [0.1, 0.15) is 11.5 Å². The van der Waals surface area contributed by atoms with Crippen LogP contribution in [-0.4, -0.2) is 23.3 Å². The number of rotatable bonds is 6. The highest BCUT2D eigenvalue weighted by molar-refractivity contribution is 6.22. The Kier molecular flexibility index (Phi) is 5.31. The van der Waals surface area contributed by atoms with Crippen LogP contribution in [0, 0.1) is 27.8 Å². The molecule has 154 valence electrons. The Morgan fingerprint density at radius 2 is 1.77 bits per heavy atom. The summed E-state index contributed by atoms with van der Waals surface area (Å²) in [6.07, 6.45) is 5.28. The van der Waals surface area contributed by atoms with Crippen molar-refractivity contribution in [1.82, 2.24) is 0 Å². The Morgan fingerprint density at radius 3 is 2.40 bits per heavy atom. The van der Waals surface area contributed by atoms with Crippen molar-refractivity contribution in [2.24, 2.45) is 11.8 Å². The topological polar surface area (TPSA) is 92.6 Å². The van der Waals surface area contributed by atoms with Crippen LogP contribution in [0.25, 0.3) is 0 Å². The minimum absolute atomic E-state index is 0.210. The normalized spacial score (nSPS) is 20.4. The van der Waals surface area contributed by atoms with Crippen molar-refractivity contribution in [3.05, 3.63) is 76.1 Å². The van der Waals surface area contributed by atoms with Crippen molar-refractivity contribution < 1.29 is 18.9 Å². The maximum Gasteiger partial charge on any atom is 0.294 e. The maximum atomic E-state index is 13.3. The summed E-state index contributed by atoms with van der Waals surface area (Å²) in [7, 11) is 0. The molecule has 0 spiro atoms. The summed E-state index contributed by atoms with van der Waals surface area (Å²) in [5.41, 5.74) is 1.03. The van der Waals surface area contributed by atoms with Crippen molar-refractivity contribution in [3.8, 4) is 0 Å². The van der Waals surface area contributed by atoms with Crippen molar-refractivity contribution in [1.29, 1.82) is 0 Å². The molecule has 2 aromatic carbocycles. The Hall–Kier alpha value is -3.55. The SMILES string of the molecule is O=C1[C@@H]2CC=CC[C@H]2C(=O)N1c1ccc(NCCc2cccc(F)c2)c([N+](=O)[O-])c1. The number of nitro benzene ring substituents is 1. The van der Waals surface area contributed by atoms with E-state index in [-0.39, 0.29) is 34.7 Å². The Morgan fingerprint density at radius 1 is 1.07 bits per heavy atom. The lowest BCUT2D eigenvalue weighted by atomic mass is 9.85. The van der Waals surface area contributed by atoms with Crippen molar-refractivity contribution >= 4 is 28.9 Å². The number of nitrogens with zero attached hydrogens (tertiary/aromatic N) is 2. The number of carbonyl (C=O) groups is 2. The fraction of sp³-hybridized carbons (Fsp3) is 0.273. The monoisotopic (exact) mass is 409 g/mol. The average Bonchev–Trinajstić information content (AvgIpc) is 2.99. The molecule has 2 amide bonds. The zero-order valence-electron chi connectivity index (χ0n) is 16.1. The minimum atomic E-state index is -0.548. The summed E-state index contributed by atoms with van der Waals surface area (Å²) in [5, 5.41) is 14.6. The summed E-state index contributed by atoms with van der Waals surface area (Å²) in [6, 6.07) is 10.5. The molecule has 1 fully saturated rings. The predicted molar refractivity (Wildman–Crippen MR) is 110 cm³/mol. The van der Waals surface area contributed by atoms with Crippen molar-refractivity contribution in [3.63, 3.8) is 0 Å². The van der Waals surface area contributed by atoms with Gasteiger partial charge in [0, 0.05) is 12.6 Å². The molecule has 0 bridgehead atoms. The molecule has 30 heavy (non-hydrogen) atoms. The highest BCUT2D eigenvalue weighted by Crippen LogP contribution is 2.39. The zero-order valence-corrected chi connectivity index (χ0v) is 16.1. The molecule has 8 heteroatoms. The van der Waals surface area contributed by atoms with Gasteiger partial charge in [0.05, 0.1) is 22.4 Å². The molecule has 1 saturated heterocycles. The number of hydrogen-bond acceptors (Lipinski definition) is 5. The van der Waals surface area contributed by atoms with E-state index in [4.69, 9.17) is 0 Å². The van der Waals surface area contributed by atoms with E-state index in [1.807, 2.05) is 12.2 Å². The van der Waals surface area contributed by atoms with E-state index in [1.165, 1.54) is 30.3 Å². The van der Waals surface area contributed by atoms with Crippen LogP contribution in [0.15, 0.2) is 54.6 Å². The van der Waals surface area contributed by atoms with Gasteiger partial charge >= 0.3 is 0 Å². The number of fused-ring (bicyclic) bond motifs is 1. The molecule has 0 saturated carbocycles. The number of anilines is 2. The molecule has 2 aliphatic rings. The highest BCUT2D eigenvalue weighted by Gasteiger charge is 2.48. The van der Waals surface area contributed by atoms with Gasteiger partial charge in [0.2, 0.25) is 11.8 Å². The van der Waals surface area contributed by atoms with Crippen LogP contribution < -0.4 is 10.2 Å². The van der Waals surface area contributed by atoms with Gasteiger partial charge in [-0.1, -0.05) is 24.3 Å². The van der Waals surface area contributed by atoms with Gasteiger partial charge in [-0.25, -0.2) is 9.29 Å². The van der Waals surface area contributed by atoms with E-state index in [1.54, 1.807) is 12.1 Å². The summed E-state index contributed by atoms with van der Waals surface area (Å²) < 4.78 is 13.3. The van der Waals surface area contributed by atoms with Crippen LogP contribution >= 0.6 is 0 Å². The first kappa shape index (κ1) is 19.8. The first-order chi connectivity index (χ1) is 14.5. The van der Waals surface area contributed by atoms with Gasteiger partial charge in [-0.15, -0.1) is 0 Å². The Balaban J connectivity index is 1.53. The number of allylic oxidation sites excluding steroid dienone is 2. The number of hydrogen-bond donors (Lipinski definition) is 1. The maximum absolute atomic E-state index is 13.3. The second-order valence-corrected chi connectivity index (χ2v) is 7.43. The van der Waals surface area contributed by atoms with Gasteiger partial charge in [-0.05, 0) is 49.1 Å². The largest absolute Gasteiger partial charge is 0.379 e. The van der Waals surface area contributed by atoms with Crippen LogP contribution in [0.2, 0.25) is 0 Å². The van der Waals surface area contributed by atoms with Crippen molar-refractivity contribution in [2.75, 3.05) is 16.8 Å². The van der Waals surface area contributed by atoms with Gasteiger partial charge < -0.3 is 5.32 Å². The lowest BCUT2D eigenvalue weighted by Gasteiger charge is -2.16. The van der Waals surface area contributed by atoms with Crippen LogP contribution in [0.4, 0.5) is 21.5 Å². The van der Waals surface area contributed by atoms with E-state index < -0.39 is 16.8 Å². The number of nitro groups is 1. The van der Waals surface area contributed by atoms with E-state index in [0.717, 1.165) is 10.5 Å². The van der Waals surface area contributed by atoms with Crippen LogP contribution in [0.3, 0.4) is 0 Å². The number of carbonyl (C=O) groups excluding carboxylic acids is 2. The van der Waals surface area contributed by atoms with E-state index in [0.29, 0.717) is 25.8 Å². The molecule has 0 aromatic heterocycles. The molecule has 1 aliphatic carbocycles. The predicted octanol–water partition coefficient (Wildman–Crippen LogP) is 3.84. The zero-order chi connectivity index (χ0) is 21.3. The first-order valence-electron chi connectivity index (χ1n) is 9.75. The lowest BCUT2D eigenvalue weighted by Crippen LogP contribution is -2.30. The lowest BCUT2D eigenvalue weighted by molar-refractivity contribution is -0.383. The standard InChI is InChI=1S/C22H20FN3O4/c23-15-5-3-4-14(12-15)10-11-24-19-9-8-16(13-20(19)26(29)30)25-21(27)17-6-1-2-7-18(17)22(25)28/h1-5,8-9,12-13,17-18,24H,6-7,10-11H2/t17-,18-/m1/s1. The fourth-order valence-corrected chi connectivity index (χ4v) is 4.05. The number of imide groups is 1. The Labute approximate surface area is 172 Å². The number of benzene rings is 2. The minimum Gasteiger partial charge on any atom is -0.379 e. The van der Waals surface area contributed by atoms with Crippen molar-refractivity contribution in [2.45, 2.75) is 19.3 Å². The quantitative estimate of drug-likeness (QED) is 0.339. The summed E-state index contributed by atoms with van der Waals surface area (Å²) in [5.74, 6) is -1.75. The van der Waals surface area contributed by atoms with Gasteiger partial charge in [0.15, 0.2) is 0 Å². The summed E-state index contributed by atoms with van der Waals surface area (Å²) in [6.45, 7) is 0.362. The molecule has 2 aromatic rings. The van der Waals surface area contributed by atoms with E-state index in [9.17, 15) is 24.1 Å². The third kappa shape index (κ3) is 3.68. The highest BCUT2D eigenvalue weighted by atomic mass is 19.1. The van der Waals surface area contributed by atoms with E-state index in [2.05, 4.69) is 5.32 Å².